The Labute approximate surface area is 143 Å². The molecular weight excluding hydrogens is 300 g/mol. The summed E-state index contributed by atoms with van der Waals surface area (Å²) in [6, 6.07) is 6.56. The number of anilines is 1. The van der Waals surface area contributed by atoms with E-state index in [2.05, 4.69) is 20.9 Å². The fourth-order valence-electron chi connectivity index (χ4n) is 4.36. The summed E-state index contributed by atoms with van der Waals surface area (Å²) in [5.41, 5.74) is 1.78. The average molecular weight is 324 g/mol. The first-order chi connectivity index (χ1) is 11.6. The Morgan fingerprint density at radius 1 is 1.29 bits per heavy atom. The molecule has 3 aliphatic rings. The van der Waals surface area contributed by atoms with Gasteiger partial charge in [0.15, 0.2) is 0 Å². The summed E-state index contributed by atoms with van der Waals surface area (Å²) in [6.07, 6.45) is 6.27. The molecule has 1 aromatic rings. The number of rotatable bonds is 2. The Morgan fingerprint density at radius 2 is 2.12 bits per heavy atom. The van der Waals surface area contributed by atoms with Crippen LogP contribution in [0.3, 0.4) is 0 Å². The molecule has 5 nitrogen and oxygen atoms in total. The third-order valence-electron chi connectivity index (χ3n) is 5.78. The predicted octanol–water partition coefficient (Wildman–Crippen LogP) is 2.63. The number of aryl methyl sites for hydroxylation is 1. The maximum Gasteiger partial charge on any atom is 0.222 e. The normalized spacial score (nSPS) is 27.4. The molecule has 0 bridgehead atoms. The van der Waals surface area contributed by atoms with Gasteiger partial charge in [-0.25, -0.2) is 4.98 Å². The van der Waals surface area contributed by atoms with Crippen LogP contribution in [-0.2, 0) is 4.79 Å². The molecule has 3 heterocycles. The highest BCUT2D eigenvalue weighted by Crippen LogP contribution is 2.43. The van der Waals surface area contributed by atoms with Crippen LogP contribution in [0.4, 0.5) is 5.82 Å². The van der Waals surface area contributed by atoms with Gasteiger partial charge in [0.2, 0.25) is 5.91 Å². The second-order valence-corrected chi connectivity index (χ2v) is 7.71. The zero-order valence-electron chi connectivity index (χ0n) is 14.3. The molecule has 2 aliphatic heterocycles. The summed E-state index contributed by atoms with van der Waals surface area (Å²) >= 11 is 0. The zero-order chi connectivity index (χ0) is 16.7. The SMILES string of the molecule is Cc1ccc(C#N)c(N2CCC[C@]3(CCC(=O)N(C4CC4)C3)C2)n1. The third kappa shape index (κ3) is 2.75. The minimum absolute atomic E-state index is 0.174. The molecule has 1 saturated carbocycles. The molecule has 24 heavy (non-hydrogen) atoms. The highest BCUT2D eigenvalue weighted by molar-refractivity contribution is 5.78. The number of hydrogen-bond acceptors (Lipinski definition) is 4. The van der Waals surface area contributed by atoms with Gasteiger partial charge in [-0.05, 0) is 51.2 Å². The Hall–Kier alpha value is -2.09. The number of amides is 1. The van der Waals surface area contributed by atoms with Gasteiger partial charge in [0.25, 0.3) is 0 Å². The van der Waals surface area contributed by atoms with Crippen LogP contribution in [0.15, 0.2) is 12.1 Å². The van der Waals surface area contributed by atoms with Crippen molar-refractivity contribution in [1.29, 1.82) is 5.26 Å². The first kappa shape index (κ1) is 15.4. The number of nitriles is 1. The van der Waals surface area contributed by atoms with Crippen LogP contribution in [0, 0.1) is 23.7 Å². The monoisotopic (exact) mass is 324 g/mol. The quantitative estimate of drug-likeness (QED) is 0.839. The molecule has 0 unspecified atom stereocenters. The maximum absolute atomic E-state index is 12.3. The molecule has 0 N–H and O–H groups in total. The largest absolute Gasteiger partial charge is 0.355 e. The van der Waals surface area contributed by atoms with Crippen molar-refractivity contribution in [3.05, 3.63) is 23.4 Å². The molecule has 126 valence electrons. The number of nitrogens with zero attached hydrogens (tertiary/aromatic N) is 4. The summed E-state index contributed by atoms with van der Waals surface area (Å²) in [5, 5.41) is 9.43. The predicted molar refractivity (Wildman–Crippen MR) is 91.5 cm³/mol. The Kier molecular flexibility index (Phi) is 3.71. The van der Waals surface area contributed by atoms with Crippen LogP contribution in [0.5, 0.6) is 0 Å². The summed E-state index contributed by atoms with van der Waals surface area (Å²) in [5.74, 6) is 1.16. The van der Waals surface area contributed by atoms with E-state index in [1.807, 2.05) is 19.1 Å². The lowest BCUT2D eigenvalue weighted by molar-refractivity contribution is -0.138. The molecule has 5 heteroatoms. The third-order valence-corrected chi connectivity index (χ3v) is 5.78. The molecule has 0 radical (unpaired) electrons. The van der Waals surface area contributed by atoms with E-state index in [0.29, 0.717) is 23.9 Å². The van der Waals surface area contributed by atoms with E-state index in [1.165, 1.54) is 19.3 Å². The maximum atomic E-state index is 12.3. The highest BCUT2D eigenvalue weighted by Gasteiger charge is 2.46. The number of likely N-dealkylation sites (tertiary alicyclic amines) is 1. The standard InChI is InChI=1S/C19H24N4O/c1-14-3-4-15(11-20)18(21-14)22-10-2-8-19(12-22)9-7-17(24)23(13-19)16-5-6-16/h3-4,16H,2,5-10,12-13H2,1H3/t19-/m0/s1. The van der Waals surface area contributed by atoms with E-state index in [4.69, 9.17) is 0 Å². The van der Waals surface area contributed by atoms with E-state index < -0.39 is 0 Å². The van der Waals surface area contributed by atoms with Crippen LogP contribution in [-0.4, -0.2) is 41.5 Å². The van der Waals surface area contributed by atoms with E-state index in [1.54, 1.807) is 0 Å². The van der Waals surface area contributed by atoms with Crippen molar-refractivity contribution in [2.45, 2.75) is 51.5 Å². The van der Waals surface area contributed by atoms with E-state index in [0.717, 1.165) is 44.0 Å². The van der Waals surface area contributed by atoms with Crippen molar-refractivity contribution in [3.8, 4) is 6.07 Å². The molecule has 4 rings (SSSR count). The van der Waals surface area contributed by atoms with Gasteiger partial charge in [-0.2, -0.15) is 5.26 Å². The number of aromatic nitrogens is 1. The van der Waals surface area contributed by atoms with Gasteiger partial charge >= 0.3 is 0 Å². The Balaban J connectivity index is 1.59. The molecule has 0 aromatic carbocycles. The second kappa shape index (κ2) is 5.77. The van der Waals surface area contributed by atoms with E-state index >= 15 is 0 Å². The molecule has 1 aliphatic carbocycles. The van der Waals surface area contributed by atoms with Gasteiger partial charge in [0, 0.05) is 43.2 Å². The van der Waals surface area contributed by atoms with Crippen molar-refractivity contribution in [1.82, 2.24) is 9.88 Å². The molecule has 1 atom stereocenters. The molecule has 1 spiro atoms. The average Bonchev–Trinajstić information content (AvgIpc) is 3.42. The van der Waals surface area contributed by atoms with Crippen molar-refractivity contribution in [2.24, 2.45) is 5.41 Å². The zero-order valence-corrected chi connectivity index (χ0v) is 14.3. The number of hydrogen-bond donors (Lipinski definition) is 0. The minimum Gasteiger partial charge on any atom is -0.355 e. The molecule has 1 amide bonds. The summed E-state index contributed by atoms with van der Waals surface area (Å²) in [6.45, 7) is 4.72. The first-order valence-electron chi connectivity index (χ1n) is 9.02. The lowest BCUT2D eigenvalue weighted by atomic mass is 9.73. The number of pyridine rings is 1. The summed E-state index contributed by atoms with van der Waals surface area (Å²) < 4.78 is 0. The van der Waals surface area contributed by atoms with Crippen LogP contribution in [0.1, 0.15) is 49.8 Å². The fraction of sp³-hybridized carbons (Fsp3) is 0.632. The van der Waals surface area contributed by atoms with Gasteiger partial charge in [0.1, 0.15) is 11.9 Å². The number of piperidine rings is 2. The summed E-state index contributed by atoms with van der Waals surface area (Å²) in [7, 11) is 0. The smallest absolute Gasteiger partial charge is 0.222 e. The lowest BCUT2D eigenvalue weighted by Crippen LogP contribution is -2.54. The van der Waals surface area contributed by atoms with Crippen molar-refractivity contribution < 1.29 is 4.79 Å². The first-order valence-corrected chi connectivity index (χ1v) is 9.02. The van der Waals surface area contributed by atoms with Gasteiger partial charge < -0.3 is 9.80 Å². The minimum atomic E-state index is 0.174. The van der Waals surface area contributed by atoms with Gasteiger partial charge in [-0.1, -0.05) is 0 Å². The second-order valence-electron chi connectivity index (χ2n) is 7.71. The van der Waals surface area contributed by atoms with Crippen molar-refractivity contribution in [2.75, 3.05) is 24.5 Å². The lowest BCUT2D eigenvalue weighted by Gasteiger charge is -2.48. The topological polar surface area (TPSA) is 60.2 Å². The fourth-order valence-corrected chi connectivity index (χ4v) is 4.36. The van der Waals surface area contributed by atoms with Gasteiger partial charge in [-0.15, -0.1) is 0 Å². The van der Waals surface area contributed by atoms with Crippen LogP contribution >= 0.6 is 0 Å². The van der Waals surface area contributed by atoms with Crippen LogP contribution in [0.25, 0.3) is 0 Å². The van der Waals surface area contributed by atoms with Crippen molar-refractivity contribution in [3.63, 3.8) is 0 Å². The van der Waals surface area contributed by atoms with E-state index in [9.17, 15) is 10.1 Å². The van der Waals surface area contributed by atoms with Gasteiger partial charge in [-0.3, -0.25) is 4.79 Å². The van der Waals surface area contributed by atoms with Crippen molar-refractivity contribution >= 4 is 11.7 Å². The van der Waals surface area contributed by atoms with Crippen LogP contribution < -0.4 is 4.90 Å². The Bertz CT molecular complexity index is 706. The number of carbonyl (C=O) groups excluding carboxylic acids is 1. The van der Waals surface area contributed by atoms with E-state index in [-0.39, 0.29) is 5.41 Å². The molecule has 2 saturated heterocycles. The highest BCUT2D eigenvalue weighted by atomic mass is 16.2. The number of carbonyl (C=O) groups is 1. The van der Waals surface area contributed by atoms with Gasteiger partial charge in [0.05, 0.1) is 5.56 Å². The summed E-state index contributed by atoms with van der Waals surface area (Å²) in [4.78, 5) is 21.3. The molecule has 1 aromatic heterocycles. The molecular formula is C19H24N4O. The van der Waals surface area contributed by atoms with Crippen LogP contribution in [0.2, 0.25) is 0 Å². The molecule has 3 fully saturated rings. The Morgan fingerprint density at radius 3 is 2.88 bits per heavy atom.